The van der Waals surface area contributed by atoms with Gasteiger partial charge in [0.05, 0.1) is 22.3 Å². The Morgan fingerprint density at radius 3 is 2.37 bits per heavy atom. The zero-order valence-electron chi connectivity index (χ0n) is 24.2. The first-order chi connectivity index (χ1) is 21.8. The maximum absolute atomic E-state index is 15.7. The lowest BCUT2D eigenvalue weighted by atomic mass is 10.2. The molecular weight excluding hydrogens is 645 g/mol. The third-order valence-electron chi connectivity index (χ3n) is 7.10. The number of para-hydroxylation sites is 1. The van der Waals surface area contributed by atoms with Gasteiger partial charge in [0.25, 0.3) is 10.0 Å². The van der Waals surface area contributed by atoms with Crippen molar-refractivity contribution in [1.82, 2.24) is 28.8 Å². The van der Waals surface area contributed by atoms with Crippen molar-refractivity contribution in [2.75, 3.05) is 24.1 Å². The molecule has 0 amide bonds. The number of anilines is 3. The lowest BCUT2D eigenvalue weighted by Gasteiger charge is -2.15. The van der Waals surface area contributed by atoms with Gasteiger partial charge in [-0.15, -0.1) is 0 Å². The van der Waals surface area contributed by atoms with Crippen LogP contribution in [0.15, 0.2) is 83.1 Å². The molecule has 0 spiro atoms. The standard InChI is InChI=1S/C29H23F3N8O4S2/c1-16-18(30)8-6-10-23(16)45(41,42)38-20-12-11-19(31)26(25(20)32)36-28-27-21(34-15-35-28)13-33-29(37-27)40-14-24(46(43,44)39(2)3)17-7-4-5-9-22(17)40/h4-15,38H,1-3H3,(H,34,35,36). The van der Waals surface area contributed by atoms with Crippen LogP contribution in [0.1, 0.15) is 5.56 Å². The number of fused-ring (bicyclic) bond motifs is 2. The van der Waals surface area contributed by atoms with Gasteiger partial charge >= 0.3 is 0 Å². The molecule has 3 aromatic heterocycles. The number of sulfonamides is 2. The SMILES string of the molecule is Cc1c(F)cccc1S(=O)(=O)Nc1ccc(F)c(Nc2ncnc3cnc(-n4cc(S(=O)(=O)N(C)C)c5ccccc54)nc23)c1F. The van der Waals surface area contributed by atoms with Crippen LogP contribution in [0.4, 0.5) is 30.4 Å². The molecule has 6 aromatic rings. The molecule has 0 atom stereocenters. The van der Waals surface area contributed by atoms with Gasteiger partial charge in [-0.25, -0.2) is 54.2 Å². The Kier molecular flexibility index (Phi) is 7.61. The second-order valence-corrected chi connectivity index (χ2v) is 13.9. The Labute approximate surface area is 260 Å². The molecule has 0 aliphatic carbocycles. The summed E-state index contributed by atoms with van der Waals surface area (Å²) in [7, 11) is -5.52. The number of nitrogens with zero attached hydrogens (tertiary/aromatic N) is 6. The van der Waals surface area contributed by atoms with Gasteiger partial charge in [-0.2, -0.15) is 0 Å². The van der Waals surface area contributed by atoms with Crippen LogP contribution < -0.4 is 10.0 Å². The van der Waals surface area contributed by atoms with Crippen LogP contribution in [0.2, 0.25) is 0 Å². The Hall–Kier alpha value is -5.13. The van der Waals surface area contributed by atoms with Gasteiger partial charge in [0.2, 0.25) is 16.0 Å². The quantitative estimate of drug-likeness (QED) is 0.231. The first-order valence-corrected chi connectivity index (χ1v) is 16.3. The van der Waals surface area contributed by atoms with Crippen LogP contribution in [0.25, 0.3) is 27.9 Å². The minimum absolute atomic E-state index is 0.00896. The third kappa shape index (κ3) is 5.27. The average molecular weight is 669 g/mol. The van der Waals surface area contributed by atoms with Gasteiger partial charge in [0.15, 0.2) is 11.6 Å². The van der Waals surface area contributed by atoms with E-state index in [0.717, 1.165) is 34.9 Å². The number of hydrogen-bond acceptors (Lipinski definition) is 9. The Balaban J connectivity index is 1.42. The van der Waals surface area contributed by atoms with Gasteiger partial charge in [0.1, 0.15) is 39.6 Å². The van der Waals surface area contributed by atoms with Crippen LogP contribution in [0.3, 0.4) is 0 Å². The highest BCUT2D eigenvalue weighted by molar-refractivity contribution is 7.92. The van der Waals surface area contributed by atoms with Crippen LogP contribution in [0.5, 0.6) is 0 Å². The van der Waals surface area contributed by atoms with Crippen molar-refractivity contribution < 1.29 is 30.0 Å². The van der Waals surface area contributed by atoms with Crippen LogP contribution >= 0.6 is 0 Å². The summed E-state index contributed by atoms with van der Waals surface area (Å²) >= 11 is 0. The molecule has 46 heavy (non-hydrogen) atoms. The normalized spacial score (nSPS) is 12.2. The molecular formula is C29H23F3N8O4S2. The minimum Gasteiger partial charge on any atom is -0.333 e. The van der Waals surface area contributed by atoms with E-state index in [1.165, 1.54) is 44.0 Å². The molecule has 0 saturated heterocycles. The van der Waals surface area contributed by atoms with Crippen LogP contribution in [0, 0.1) is 24.4 Å². The summed E-state index contributed by atoms with van der Waals surface area (Å²) in [6.45, 7) is 1.26. The summed E-state index contributed by atoms with van der Waals surface area (Å²) < 4.78 is 101. The predicted molar refractivity (Wildman–Crippen MR) is 164 cm³/mol. The topological polar surface area (TPSA) is 152 Å². The summed E-state index contributed by atoms with van der Waals surface area (Å²) in [6.07, 6.45) is 3.81. The molecule has 3 aromatic carbocycles. The smallest absolute Gasteiger partial charge is 0.262 e. The first kappa shape index (κ1) is 30.9. The molecule has 0 aliphatic heterocycles. The molecule has 0 fully saturated rings. The van der Waals surface area contributed by atoms with Crippen molar-refractivity contribution in [2.24, 2.45) is 0 Å². The van der Waals surface area contributed by atoms with E-state index in [1.54, 1.807) is 24.3 Å². The molecule has 0 bridgehead atoms. The van der Waals surface area contributed by atoms with E-state index in [1.807, 2.05) is 4.72 Å². The Bertz CT molecular complexity index is 2400. The highest BCUT2D eigenvalue weighted by atomic mass is 32.2. The highest BCUT2D eigenvalue weighted by Crippen LogP contribution is 2.33. The largest absolute Gasteiger partial charge is 0.333 e. The van der Waals surface area contributed by atoms with Gasteiger partial charge in [0, 0.05) is 31.2 Å². The van der Waals surface area contributed by atoms with Crippen molar-refractivity contribution >= 4 is 59.2 Å². The Morgan fingerprint density at radius 1 is 0.848 bits per heavy atom. The molecule has 0 unspecified atom stereocenters. The lowest BCUT2D eigenvalue weighted by molar-refractivity contribution is 0.521. The minimum atomic E-state index is -4.47. The molecule has 3 heterocycles. The molecule has 0 saturated carbocycles. The van der Waals surface area contributed by atoms with Crippen molar-refractivity contribution in [3.63, 3.8) is 0 Å². The van der Waals surface area contributed by atoms with Crippen molar-refractivity contribution in [3.05, 3.63) is 96.3 Å². The summed E-state index contributed by atoms with van der Waals surface area (Å²) in [5.74, 6) is -3.32. The van der Waals surface area contributed by atoms with Crippen LogP contribution in [-0.4, -0.2) is 59.7 Å². The molecule has 0 radical (unpaired) electrons. The number of benzene rings is 3. The molecule has 0 aliphatic rings. The maximum Gasteiger partial charge on any atom is 0.262 e. The van der Waals surface area contributed by atoms with E-state index in [2.05, 4.69) is 25.3 Å². The van der Waals surface area contributed by atoms with Crippen molar-refractivity contribution in [2.45, 2.75) is 16.7 Å². The fraction of sp³-hybridized carbons (Fsp3) is 0.103. The number of hydrogen-bond donors (Lipinski definition) is 2. The first-order valence-electron chi connectivity index (χ1n) is 13.3. The van der Waals surface area contributed by atoms with Gasteiger partial charge in [-0.3, -0.25) is 9.29 Å². The second-order valence-electron chi connectivity index (χ2n) is 10.2. The zero-order chi connectivity index (χ0) is 33.0. The predicted octanol–water partition coefficient (Wildman–Crippen LogP) is 4.88. The number of aromatic nitrogens is 5. The summed E-state index contributed by atoms with van der Waals surface area (Å²) in [6, 6.07) is 11.9. The average Bonchev–Trinajstić information content (AvgIpc) is 3.42. The summed E-state index contributed by atoms with van der Waals surface area (Å²) in [4.78, 5) is 16.6. The fourth-order valence-electron chi connectivity index (χ4n) is 4.71. The van der Waals surface area contributed by atoms with Gasteiger partial charge in [-0.05, 0) is 37.3 Å². The molecule has 6 rings (SSSR count). The van der Waals surface area contributed by atoms with Crippen molar-refractivity contribution in [1.29, 1.82) is 0 Å². The van der Waals surface area contributed by atoms with Crippen LogP contribution in [-0.2, 0) is 20.0 Å². The van der Waals surface area contributed by atoms with E-state index in [-0.39, 0.29) is 33.3 Å². The fourth-order valence-corrected chi connectivity index (χ4v) is 7.11. The lowest BCUT2D eigenvalue weighted by Crippen LogP contribution is -2.22. The molecule has 17 heteroatoms. The summed E-state index contributed by atoms with van der Waals surface area (Å²) in [5.41, 5.74) is -0.891. The van der Waals surface area contributed by atoms with E-state index in [4.69, 9.17) is 0 Å². The Morgan fingerprint density at radius 2 is 1.61 bits per heavy atom. The van der Waals surface area contributed by atoms with Gasteiger partial charge < -0.3 is 5.32 Å². The van der Waals surface area contributed by atoms with Gasteiger partial charge in [-0.1, -0.05) is 24.3 Å². The third-order valence-corrected chi connectivity index (χ3v) is 10.5. The number of rotatable bonds is 8. The number of nitrogens with one attached hydrogen (secondary N) is 2. The monoisotopic (exact) mass is 668 g/mol. The molecule has 2 N–H and O–H groups in total. The van der Waals surface area contributed by atoms with E-state index >= 15 is 8.78 Å². The zero-order valence-corrected chi connectivity index (χ0v) is 25.8. The second kappa shape index (κ2) is 11.3. The molecule has 12 nitrogen and oxygen atoms in total. The molecule has 236 valence electrons. The van der Waals surface area contributed by atoms with E-state index < -0.39 is 53.8 Å². The van der Waals surface area contributed by atoms with E-state index in [0.29, 0.717) is 10.9 Å². The summed E-state index contributed by atoms with van der Waals surface area (Å²) in [5, 5.41) is 2.95. The number of halogens is 3. The maximum atomic E-state index is 15.7. The highest BCUT2D eigenvalue weighted by Gasteiger charge is 2.26. The van der Waals surface area contributed by atoms with Crippen molar-refractivity contribution in [3.8, 4) is 5.95 Å². The van der Waals surface area contributed by atoms with E-state index in [9.17, 15) is 21.2 Å².